The van der Waals surface area contributed by atoms with Crippen molar-refractivity contribution in [2.75, 3.05) is 0 Å². The third kappa shape index (κ3) is 2.36. The second-order valence-electron chi connectivity index (χ2n) is 4.35. The lowest BCUT2D eigenvalue weighted by Crippen LogP contribution is -2.36. The first-order valence-corrected chi connectivity index (χ1v) is 5.63. The molecular weight excluding hydrogens is 170 g/mol. The molecule has 1 aromatic rings. The van der Waals surface area contributed by atoms with Gasteiger partial charge in [0.25, 0.3) is 0 Å². The van der Waals surface area contributed by atoms with Gasteiger partial charge in [-0.3, -0.25) is 0 Å². The van der Waals surface area contributed by atoms with Crippen molar-refractivity contribution in [3.8, 4) is 0 Å². The van der Waals surface area contributed by atoms with Crippen molar-refractivity contribution in [2.24, 2.45) is 5.92 Å². The second kappa shape index (κ2) is 4.61. The minimum absolute atomic E-state index is 0.684. The van der Waals surface area contributed by atoms with Crippen LogP contribution in [0.3, 0.4) is 0 Å². The standard InChI is InChI=1S/C13H19N/c1-11(13-8-5-9-13)14-10-12-6-3-2-4-7-12/h2-4,6-7,11,13-14H,5,8-10H2,1H3/t11-/m1/s1. The fraction of sp³-hybridized carbons (Fsp3) is 0.538. The monoisotopic (exact) mass is 189 g/mol. The van der Waals surface area contributed by atoms with E-state index in [0.29, 0.717) is 6.04 Å². The van der Waals surface area contributed by atoms with Gasteiger partial charge in [-0.1, -0.05) is 36.8 Å². The van der Waals surface area contributed by atoms with Gasteiger partial charge in [-0.25, -0.2) is 0 Å². The average Bonchev–Trinajstić information content (AvgIpc) is 2.14. The van der Waals surface area contributed by atoms with Crippen molar-refractivity contribution in [3.63, 3.8) is 0 Å². The Morgan fingerprint density at radius 3 is 2.57 bits per heavy atom. The maximum absolute atomic E-state index is 3.60. The second-order valence-corrected chi connectivity index (χ2v) is 4.35. The fourth-order valence-corrected chi connectivity index (χ4v) is 1.98. The van der Waals surface area contributed by atoms with Crippen molar-refractivity contribution in [1.82, 2.24) is 5.32 Å². The van der Waals surface area contributed by atoms with Gasteiger partial charge in [0, 0.05) is 12.6 Å². The highest BCUT2D eigenvalue weighted by molar-refractivity contribution is 5.14. The first-order chi connectivity index (χ1) is 6.86. The molecule has 76 valence electrons. The molecule has 0 heterocycles. The Morgan fingerprint density at radius 2 is 2.00 bits per heavy atom. The van der Waals surface area contributed by atoms with Crippen LogP contribution in [0.25, 0.3) is 0 Å². The summed E-state index contributed by atoms with van der Waals surface area (Å²) in [6.45, 7) is 3.32. The molecule has 0 bridgehead atoms. The molecule has 1 saturated carbocycles. The lowest BCUT2D eigenvalue weighted by molar-refractivity contribution is 0.240. The first kappa shape index (κ1) is 9.72. The van der Waals surface area contributed by atoms with E-state index in [1.165, 1.54) is 24.8 Å². The molecule has 0 unspecified atom stereocenters. The number of hydrogen-bond donors (Lipinski definition) is 1. The van der Waals surface area contributed by atoms with Gasteiger partial charge in [-0.2, -0.15) is 0 Å². The van der Waals surface area contributed by atoms with E-state index in [1.54, 1.807) is 0 Å². The van der Waals surface area contributed by atoms with E-state index in [2.05, 4.69) is 42.6 Å². The van der Waals surface area contributed by atoms with Crippen LogP contribution in [-0.4, -0.2) is 6.04 Å². The number of rotatable bonds is 4. The molecule has 0 saturated heterocycles. The highest BCUT2D eigenvalue weighted by Crippen LogP contribution is 2.29. The maximum Gasteiger partial charge on any atom is 0.0208 e. The van der Waals surface area contributed by atoms with Gasteiger partial charge < -0.3 is 5.32 Å². The fourth-order valence-electron chi connectivity index (χ4n) is 1.98. The molecule has 14 heavy (non-hydrogen) atoms. The predicted molar refractivity (Wildman–Crippen MR) is 60.1 cm³/mol. The van der Waals surface area contributed by atoms with E-state index in [0.717, 1.165) is 12.5 Å². The molecule has 0 radical (unpaired) electrons. The number of benzene rings is 1. The van der Waals surface area contributed by atoms with Gasteiger partial charge >= 0.3 is 0 Å². The van der Waals surface area contributed by atoms with E-state index >= 15 is 0 Å². The van der Waals surface area contributed by atoms with Crippen molar-refractivity contribution in [1.29, 1.82) is 0 Å². The Labute approximate surface area is 86.5 Å². The van der Waals surface area contributed by atoms with Gasteiger partial charge in [-0.15, -0.1) is 0 Å². The highest BCUT2D eigenvalue weighted by Gasteiger charge is 2.22. The van der Waals surface area contributed by atoms with Gasteiger partial charge in [0.05, 0.1) is 0 Å². The van der Waals surface area contributed by atoms with Crippen LogP contribution in [0.15, 0.2) is 30.3 Å². The Morgan fingerprint density at radius 1 is 1.29 bits per heavy atom. The minimum atomic E-state index is 0.684. The smallest absolute Gasteiger partial charge is 0.0208 e. The summed E-state index contributed by atoms with van der Waals surface area (Å²) in [4.78, 5) is 0. The quantitative estimate of drug-likeness (QED) is 0.768. The number of nitrogens with one attached hydrogen (secondary N) is 1. The molecule has 1 aliphatic rings. The van der Waals surface area contributed by atoms with Crippen LogP contribution < -0.4 is 5.32 Å². The lowest BCUT2D eigenvalue weighted by Gasteiger charge is -2.32. The Kier molecular flexibility index (Phi) is 3.20. The SMILES string of the molecule is C[C@@H](NCc1ccccc1)C1CCC1. The van der Waals surface area contributed by atoms with E-state index in [-0.39, 0.29) is 0 Å². The van der Waals surface area contributed by atoms with Crippen LogP contribution >= 0.6 is 0 Å². The normalized spacial score (nSPS) is 18.9. The van der Waals surface area contributed by atoms with Crippen LogP contribution in [0.4, 0.5) is 0 Å². The largest absolute Gasteiger partial charge is 0.310 e. The zero-order valence-electron chi connectivity index (χ0n) is 8.87. The molecule has 0 spiro atoms. The van der Waals surface area contributed by atoms with E-state index < -0.39 is 0 Å². The molecule has 0 aromatic heterocycles. The summed E-state index contributed by atoms with van der Waals surface area (Å²) in [5.41, 5.74) is 1.39. The minimum Gasteiger partial charge on any atom is -0.310 e. The topological polar surface area (TPSA) is 12.0 Å². The van der Waals surface area contributed by atoms with Crippen molar-refractivity contribution in [3.05, 3.63) is 35.9 Å². The van der Waals surface area contributed by atoms with E-state index in [4.69, 9.17) is 0 Å². The first-order valence-electron chi connectivity index (χ1n) is 5.63. The van der Waals surface area contributed by atoms with Crippen LogP contribution in [0.2, 0.25) is 0 Å². The maximum atomic E-state index is 3.60. The van der Waals surface area contributed by atoms with Gasteiger partial charge in [-0.05, 0) is 31.2 Å². The third-order valence-electron chi connectivity index (χ3n) is 3.33. The summed E-state index contributed by atoms with van der Waals surface area (Å²) in [6.07, 6.45) is 4.27. The molecule has 1 heteroatoms. The molecule has 0 aliphatic heterocycles. The number of hydrogen-bond acceptors (Lipinski definition) is 1. The Hall–Kier alpha value is -0.820. The molecule has 1 aromatic carbocycles. The molecule has 2 rings (SSSR count). The molecule has 1 N–H and O–H groups in total. The van der Waals surface area contributed by atoms with Crippen molar-refractivity contribution >= 4 is 0 Å². The van der Waals surface area contributed by atoms with Gasteiger partial charge in [0.1, 0.15) is 0 Å². The molecule has 1 nitrogen and oxygen atoms in total. The zero-order chi connectivity index (χ0) is 9.80. The van der Waals surface area contributed by atoms with Crippen LogP contribution in [0.1, 0.15) is 31.7 Å². The summed E-state index contributed by atoms with van der Waals surface area (Å²) in [5, 5.41) is 3.60. The van der Waals surface area contributed by atoms with Crippen LogP contribution in [-0.2, 0) is 6.54 Å². The Balaban J connectivity index is 1.76. The average molecular weight is 189 g/mol. The summed E-state index contributed by atoms with van der Waals surface area (Å²) in [5.74, 6) is 0.929. The lowest BCUT2D eigenvalue weighted by atomic mass is 9.80. The van der Waals surface area contributed by atoms with Crippen molar-refractivity contribution in [2.45, 2.75) is 38.8 Å². The van der Waals surface area contributed by atoms with Gasteiger partial charge in [0.15, 0.2) is 0 Å². The Bertz CT molecular complexity index is 264. The zero-order valence-corrected chi connectivity index (χ0v) is 8.87. The highest BCUT2D eigenvalue weighted by atomic mass is 14.9. The van der Waals surface area contributed by atoms with Crippen molar-refractivity contribution < 1.29 is 0 Å². The summed E-state index contributed by atoms with van der Waals surface area (Å²) in [7, 11) is 0. The molecule has 1 fully saturated rings. The molecular formula is C13H19N. The van der Waals surface area contributed by atoms with Crippen LogP contribution in [0.5, 0.6) is 0 Å². The predicted octanol–water partition coefficient (Wildman–Crippen LogP) is 2.96. The summed E-state index contributed by atoms with van der Waals surface area (Å²) >= 11 is 0. The van der Waals surface area contributed by atoms with Crippen LogP contribution in [0, 0.1) is 5.92 Å². The molecule has 0 amide bonds. The van der Waals surface area contributed by atoms with E-state index in [1.807, 2.05) is 0 Å². The van der Waals surface area contributed by atoms with E-state index in [9.17, 15) is 0 Å². The third-order valence-corrected chi connectivity index (χ3v) is 3.33. The summed E-state index contributed by atoms with van der Waals surface area (Å²) < 4.78 is 0. The molecule has 1 aliphatic carbocycles. The molecule has 1 atom stereocenters. The van der Waals surface area contributed by atoms with Gasteiger partial charge in [0.2, 0.25) is 0 Å². The summed E-state index contributed by atoms with van der Waals surface area (Å²) in [6, 6.07) is 11.3.